The normalized spacial score (nSPS) is 14.0. The monoisotopic (exact) mass is 366 g/mol. The molecule has 1 aliphatic rings. The number of allylic oxidation sites excluding steroid dienone is 1. The van der Waals surface area contributed by atoms with E-state index in [2.05, 4.69) is 16.7 Å². The maximum Gasteiger partial charge on any atom is 0.225 e. The maximum absolute atomic E-state index is 12.1. The lowest BCUT2D eigenvalue weighted by molar-refractivity contribution is -0.116. The zero-order valence-corrected chi connectivity index (χ0v) is 15.7. The Bertz CT molecular complexity index is 617. The summed E-state index contributed by atoms with van der Waals surface area (Å²) >= 11 is 6.07. The molecule has 0 bridgehead atoms. The van der Waals surface area contributed by atoms with Crippen molar-refractivity contribution in [2.75, 3.05) is 32.6 Å². The lowest BCUT2D eigenvalue weighted by Crippen LogP contribution is -2.23. The summed E-state index contributed by atoms with van der Waals surface area (Å²) < 4.78 is 10.4. The molecule has 1 aromatic rings. The first kappa shape index (κ1) is 19.6. The van der Waals surface area contributed by atoms with E-state index in [1.54, 1.807) is 17.7 Å². The van der Waals surface area contributed by atoms with Crippen LogP contribution in [0.1, 0.15) is 38.5 Å². The molecule has 0 atom stereocenters. The second-order valence-electron chi connectivity index (χ2n) is 6.09. The molecule has 1 aromatic carbocycles. The van der Waals surface area contributed by atoms with Crippen LogP contribution in [0.4, 0.5) is 5.69 Å². The SMILES string of the molecule is COc1cc(NC(=O)CCNCCC2=CCCCC2)c(OC)cc1Cl. The van der Waals surface area contributed by atoms with Gasteiger partial charge in [0.2, 0.25) is 5.91 Å². The molecule has 0 unspecified atom stereocenters. The summed E-state index contributed by atoms with van der Waals surface area (Å²) in [7, 11) is 3.07. The molecular formula is C19H27ClN2O3. The van der Waals surface area contributed by atoms with E-state index in [4.69, 9.17) is 21.1 Å². The van der Waals surface area contributed by atoms with E-state index < -0.39 is 0 Å². The van der Waals surface area contributed by atoms with E-state index in [1.807, 2.05) is 0 Å². The van der Waals surface area contributed by atoms with Gasteiger partial charge in [-0.15, -0.1) is 0 Å². The molecule has 0 spiro atoms. The van der Waals surface area contributed by atoms with Crippen molar-refractivity contribution in [3.05, 3.63) is 28.8 Å². The molecule has 25 heavy (non-hydrogen) atoms. The third kappa shape index (κ3) is 6.25. The van der Waals surface area contributed by atoms with Crippen LogP contribution in [0.2, 0.25) is 5.02 Å². The third-order valence-electron chi connectivity index (χ3n) is 4.28. The number of hydrogen-bond donors (Lipinski definition) is 2. The smallest absolute Gasteiger partial charge is 0.225 e. The number of amides is 1. The Kier molecular flexibility index (Phi) is 8.09. The minimum atomic E-state index is -0.0768. The van der Waals surface area contributed by atoms with Crippen molar-refractivity contribution in [1.29, 1.82) is 0 Å². The third-order valence-corrected chi connectivity index (χ3v) is 4.58. The first-order valence-electron chi connectivity index (χ1n) is 8.74. The molecule has 138 valence electrons. The molecular weight excluding hydrogens is 340 g/mol. The standard InChI is InChI=1S/C19H27ClN2O3/c1-24-17-13-16(18(25-2)12-15(17)20)22-19(23)9-11-21-10-8-14-6-4-3-5-7-14/h6,12-13,21H,3-5,7-11H2,1-2H3,(H,22,23). The Hall–Kier alpha value is -1.72. The summed E-state index contributed by atoms with van der Waals surface area (Å²) in [6, 6.07) is 3.30. The summed E-state index contributed by atoms with van der Waals surface area (Å²) in [5.74, 6) is 0.931. The van der Waals surface area contributed by atoms with Crippen molar-refractivity contribution >= 4 is 23.2 Å². The van der Waals surface area contributed by atoms with Gasteiger partial charge in [-0.1, -0.05) is 23.3 Å². The Morgan fingerprint density at radius 3 is 2.64 bits per heavy atom. The zero-order chi connectivity index (χ0) is 18.1. The molecule has 6 heteroatoms. The molecule has 0 aliphatic heterocycles. The van der Waals surface area contributed by atoms with Crippen LogP contribution in [0.25, 0.3) is 0 Å². The minimum absolute atomic E-state index is 0.0768. The number of methoxy groups -OCH3 is 2. The highest BCUT2D eigenvalue weighted by molar-refractivity contribution is 6.32. The molecule has 0 heterocycles. The highest BCUT2D eigenvalue weighted by atomic mass is 35.5. The van der Waals surface area contributed by atoms with Crippen molar-refractivity contribution in [1.82, 2.24) is 5.32 Å². The van der Waals surface area contributed by atoms with E-state index in [9.17, 15) is 4.79 Å². The first-order valence-corrected chi connectivity index (χ1v) is 9.12. The Labute approximate surface area is 154 Å². The average Bonchev–Trinajstić information content (AvgIpc) is 2.63. The Morgan fingerprint density at radius 2 is 1.96 bits per heavy atom. The number of rotatable bonds is 9. The minimum Gasteiger partial charge on any atom is -0.495 e. The molecule has 1 amide bonds. The Morgan fingerprint density at radius 1 is 1.16 bits per heavy atom. The Balaban J connectivity index is 1.75. The lowest BCUT2D eigenvalue weighted by atomic mass is 9.97. The number of carbonyl (C=O) groups excluding carboxylic acids is 1. The fraction of sp³-hybridized carbons (Fsp3) is 0.526. The number of benzene rings is 1. The van der Waals surface area contributed by atoms with Crippen molar-refractivity contribution in [3.8, 4) is 11.5 Å². The van der Waals surface area contributed by atoms with Gasteiger partial charge < -0.3 is 20.1 Å². The fourth-order valence-corrected chi connectivity index (χ4v) is 3.11. The summed E-state index contributed by atoms with van der Waals surface area (Å²) in [5.41, 5.74) is 2.10. The maximum atomic E-state index is 12.1. The quantitative estimate of drug-likeness (QED) is 0.508. The number of nitrogens with one attached hydrogen (secondary N) is 2. The van der Waals surface area contributed by atoms with Gasteiger partial charge in [-0.05, 0) is 38.6 Å². The molecule has 0 saturated carbocycles. The molecule has 0 saturated heterocycles. The first-order chi connectivity index (χ1) is 12.1. The largest absolute Gasteiger partial charge is 0.495 e. The van der Waals surface area contributed by atoms with Gasteiger partial charge in [0.1, 0.15) is 11.5 Å². The van der Waals surface area contributed by atoms with Gasteiger partial charge in [0.05, 0.1) is 24.9 Å². The molecule has 0 radical (unpaired) electrons. The van der Waals surface area contributed by atoms with Gasteiger partial charge in [0.25, 0.3) is 0 Å². The number of anilines is 1. The number of hydrogen-bond acceptors (Lipinski definition) is 4. The summed E-state index contributed by atoms with van der Waals surface area (Å²) in [6.07, 6.45) is 8.89. The van der Waals surface area contributed by atoms with Gasteiger partial charge in [-0.2, -0.15) is 0 Å². The predicted molar refractivity (Wildman–Crippen MR) is 102 cm³/mol. The van der Waals surface area contributed by atoms with Gasteiger partial charge in [0.15, 0.2) is 0 Å². The lowest BCUT2D eigenvalue weighted by Gasteiger charge is -2.14. The number of halogens is 1. The average molecular weight is 367 g/mol. The predicted octanol–water partition coefficient (Wildman–Crippen LogP) is 4.17. The summed E-state index contributed by atoms with van der Waals surface area (Å²) in [6.45, 7) is 1.56. The van der Waals surface area contributed by atoms with Crippen LogP contribution >= 0.6 is 11.6 Å². The topological polar surface area (TPSA) is 59.6 Å². The van der Waals surface area contributed by atoms with E-state index in [-0.39, 0.29) is 5.91 Å². The summed E-state index contributed by atoms with van der Waals surface area (Å²) in [5, 5.41) is 6.62. The molecule has 2 N–H and O–H groups in total. The van der Waals surface area contributed by atoms with Crippen LogP contribution in [0.15, 0.2) is 23.8 Å². The van der Waals surface area contributed by atoms with Crippen LogP contribution < -0.4 is 20.1 Å². The zero-order valence-electron chi connectivity index (χ0n) is 15.0. The van der Waals surface area contributed by atoms with Gasteiger partial charge in [-0.3, -0.25) is 4.79 Å². The van der Waals surface area contributed by atoms with Crippen molar-refractivity contribution in [2.45, 2.75) is 38.5 Å². The van der Waals surface area contributed by atoms with Crippen LogP contribution in [0.3, 0.4) is 0 Å². The van der Waals surface area contributed by atoms with Crippen molar-refractivity contribution < 1.29 is 14.3 Å². The van der Waals surface area contributed by atoms with Gasteiger partial charge >= 0.3 is 0 Å². The fourth-order valence-electron chi connectivity index (χ4n) is 2.88. The molecule has 0 aromatic heterocycles. The molecule has 2 rings (SSSR count). The van der Waals surface area contributed by atoms with E-state index in [1.165, 1.54) is 39.9 Å². The van der Waals surface area contributed by atoms with Crippen molar-refractivity contribution in [2.24, 2.45) is 0 Å². The van der Waals surface area contributed by atoms with Gasteiger partial charge in [-0.25, -0.2) is 0 Å². The van der Waals surface area contributed by atoms with E-state index in [0.717, 1.165) is 13.0 Å². The highest BCUT2D eigenvalue weighted by Gasteiger charge is 2.12. The second kappa shape index (κ2) is 10.3. The summed E-state index contributed by atoms with van der Waals surface area (Å²) in [4.78, 5) is 12.1. The van der Waals surface area contributed by atoms with Crippen LogP contribution in [0, 0.1) is 0 Å². The van der Waals surface area contributed by atoms with E-state index in [0.29, 0.717) is 35.2 Å². The second-order valence-corrected chi connectivity index (χ2v) is 6.50. The van der Waals surface area contributed by atoms with E-state index >= 15 is 0 Å². The number of carbonyl (C=O) groups is 1. The molecule has 0 fully saturated rings. The molecule has 5 nitrogen and oxygen atoms in total. The van der Waals surface area contributed by atoms with Crippen LogP contribution in [0.5, 0.6) is 11.5 Å². The van der Waals surface area contributed by atoms with Crippen LogP contribution in [-0.4, -0.2) is 33.2 Å². The molecule has 1 aliphatic carbocycles. The van der Waals surface area contributed by atoms with Gasteiger partial charge in [0, 0.05) is 25.1 Å². The van der Waals surface area contributed by atoms with Crippen LogP contribution in [-0.2, 0) is 4.79 Å². The van der Waals surface area contributed by atoms with Crippen molar-refractivity contribution in [3.63, 3.8) is 0 Å². The number of ether oxygens (including phenoxy) is 2. The highest BCUT2D eigenvalue weighted by Crippen LogP contribution is 2.35.